The van der Waals surface area contributed by atoms with Gasteiger partial charge in [-0.2, -0.15) is 0 Å². The van der Waals surface area contributed by atoms with Crippen molar-refractivity contribution in [3.63, 3.8) is 0 Å². The maximum absolute atomic E-state index is 12.3. The van der Waals surface area contributed by atoms with Gasteiger partial charge in [0, 0.05) is 12.1 Å². The molecule has 0 amide bonds. The zero-order chi connectivity index (χ0) is 15.8. The molecule has 1 unspecified atom stereocenters. The van der Waals surface area contributed by atoms with Crippen LogP contribution in [-0.4, -0.2) is 47.3 Å². The number of benzene rings is 1. The van der Waals surface area contributed by atoms with Crippen LogP contribution in [0.4, 0.5) is 0 Å². The summed E-state index contributed by atoms with van der Waals surface area (Å²) in [7, 11) is 0. The van der Waals surface area contributed by atoms with Crippen LogP contribution in [0.1, 0.15) is 30.6 Å². The molecule has 0 fully saturated rings. The Morgan fingerprint density at radius 2 is 1.86 bits per heavy atom. The van der Waals surface area contributed by atoms with Gasteiger partial charge < -0.3 is 20.3 Å². The Morgan fingerprint density at radius 3 is 2.33 bits per heavy atom. The summed E-state index contributed by atoms with van der Waals surface area (Å²) >= 11 is 0. The van der Waals surface area contributed by atoms with Gasteiger partial charge in [-0.15, -0.1) is 0 Å². The van der Waals surface area contributed by atoms with E-state index in [-0.39, 0.29) is 31.5 Å². The van der Waals surface area contributed by atoms with E-state index in [0.717, 1.165) is 0 Å². The van der Waals surface area contributed by atoms with Gasteiger partial charge in [-0.3, -0.25) is 9.59 Å². The van der Waals surface area contributed by atoms with E-state index in [1.165, 1.54) is 0 Å². The second-order valence-electron chi connectivity index (χ2n) is 4.88. The molecule has 3 N–H and O–H groups in total. The molecule has 0 aliphatic heterocycles. The van der Waals surface area contributed by atoms with E-state index in [9.17, 15) is 9.59 Å². The Hall–Kier alpha value is -1.92. The van der Waals surface area contributed by atoms with Crippen LogP contribution in [0.25, 0.3) is 0 Å². The van der Waals surface area contributed by atoms with Crippen molar-refractivity contribution in [1.29, 1.82) is 0 Å². The number of hydrogen-bond donors (Lipinski definition) is 3. The molecule has 0 spiro atoms. The molecule has 0 saturated carbocycles. The summed E-state index contributed by atoms with van der Waals surface area (Å²) in [5.74, 6) is -0.736. The predicted octanol–water partition coefficient (Wildman–Crippen LogP) is 1.08. The molecule has 0 heterocycles. The minimum absolute atomic E-state index is 0.0394. The third-order valence-electron chi connectivity index (χ3n) is 2.71. The van der Waals surface area contributed by atoms with Crippen molar-refractivity contribution in [1.82, 2.24) is 5.32 Å². The number of nitrogens with one attached hydrogen (secondary N) is 1. The fraction of sp³-hybridized carbons (Fsp3) is 0.467. The molecule has 0 aliphatic carbocycles. The van der Waals surface area contributed by atoms with Crippen LogP contribution in [0.2, 0.25) is 0 Å². The number of ether oxygens (including phenoxy) is 1. The Morgan fingerprint density at radius 1 is 1.24 bits per heavy atom. The number of rotatable bonds is 9. The molecule has 1 aromatic rings. The topological polar surface area (TPSA) is 95.9 Å². The highest BCUT2D eigenvalue weighted by Gasteiger charge is 2.22. The van der Waals surface area contributed by atoms with E-state index in [1.54, 1.807) is 24.3 Å². The molecule has 1 rings (SSSR count). The molecule has 0 radical (unpaired) electrons. The summed E-state index contributed by atoms with van der Waals surface area (Å²) < 4.78 is 5.48. The van der Waals surface area contributed by atoms with Gasteiger partial charge in [0.05, 0.1) is 25.2 Å². The summed E-state index contributed by atoms with van der Waals surface area (Å²) in [5, 5.41) is 20.4. The molecular formula is C15H21NO5. The number of ketones is 1. The fourth-order valence-electron chi connectivity index (χ4n) is 1.84. The lowest BCUT2D eigenvalue weighted by Gasteiger charge is -2.16. The van der Waals surface area contributed by atoms with Crippen molar-refractivity contribution in [2.24, 2.45) is 0 Å². The summed E-state index contributed by atoms with van der Waals surface area (Å²) in [5.41, 5.74) is 0.405. The smallest absolute Gasteiger partial charge is 0.305 e. The number of carboxylic acid groups (broad SMARTS) is 1. The van der Waals surface area contributed by atoms with Gasteiger partial charge in [-0.05, 0) is 38.1 Å². The van der Waals surface area contributed by atoms with Crippen molar-refractivity contribution >= 4 is 11.8 Å². The minimum Gasteiger partial charge on any atom is -0.491 e. The lowest BCUT2D eigenvalue weighted by atomic mass is 10.0. The van der Waals surface area contributed by atoms with E-state index in [0.29, 0.717) is 11.3 Å². The van der Waals surface area contributed by atoms with Crippen molar-refractivity contribution in [2.45, 2.75) is 32.4 Å². The SMILES string of the molecule is CC(C)Oc1ccc(C(=O)C(CC(=O)O)NCCO)cc1. The molecule has 0 aromatic heterocycles. The first-order valence-corrected chi connectivity index (χ1v) is 6.81. The average molecular weight is 295 g/mol. The number of carbonyl (C=O) groups excluding carboxylic acids is 1. The van der Waals surface area contributed by atoms with E-state index in [4.69, 9.17) is 14.9 Å². The van der Waals surface area contributed by atoms with Crippen LogP contribution < -0.4 is 10.1 Å². The Bertz CT molecular complexity index is 469. The molecule has 6 heteroatoms. The van der Waals surface area contributed by atoms with E-state index in [1.807, 2.05) is 13.8 Å². The number of hydrogen-bond acceptors (Lipinski definition) is 5. The molecule has 21 heavy (non-hydrogen) atoms. The van der Waals surface area contributed by atoms with Crippen LogP contribution in [0.15, 0.2) is 24.3 Å². The average Bonchev–Trinajstić information content (AvgIpc) is 2.42. The molecule has 1 aromatic carbocycles. The normalized spacial score (nSPS) is 12.2. The van der Waals surface area contributed by atoms with E-state index in [2.05, 4.69) is 5.32 Å². The maximum atomic E-state index is 12.3. The first-order valence-electron chi connectivity index (χ1n) is 6.81. The van der Waals surface area contributed by atoms with Crippen molar-refractivity contribution in [3.05, 3.63) is 29.8 Å². The first-order chi connectivity index (χ1) is 9.93. The second kappa shape index (κ2) is 8.39. The van der Waals surface area contributed by atoms with Crippen LogP contribution in [-0.2, 0) is 4.79 Å². The van der Waals surface area contributed by atoms with Crippen LogP contribution in [0.5, 0.6) is 5.75 Å². The van der Waals surface area contributed by atoms with Crippen LogP contribution >= 0.6 is 0 Å². The number of aliphatic hydroxyl groups excluding tert-OH is 1. The van der Waals surface area contributed by atoms with Gasteiger partial charge in [0.2, 0.25) is 0 Å². The van der Waals surface area contributed by atoms with Gasteiger partial charge in [0.1, 0.15) is 5.75 Å². The number of Topliss-reactive ketones (excluding diaryl/α,β-unsaturated/α-hetero) is 1. The maximum Gasteiger partial charge on any atom is 0.305 e. The van der Waals surface area contributed by atoms with Gasteiger partial charge in [0.25, 0.3) is 0 Å². The third kappa shape index (κ3) is 5.93. The zero-order valence-corrected chi connectivity index (χ0v) is 12.2. The largest absolute Gasteiger partial charge is 0.491 e. The lowest BCUT2D eigenvalue weighted by molar-refractivity contribution is -0.137. The third-order valence-corrected chi connectivity index (χ3v) is 2.71. The second-order valence-corrected chi connectivity index (χ2v) is 4.88. The molecule has 0 bridgehead atoms. The summed E-state index contributed by atoms with van der Waals surface area (Å²) in [4.78, 5) is 23.1. The molecule has 0 saturated heterocycles. The molecule has 1 atom stereocenters. The number of carboxylic acids is 1. The summed E-state index contributed by atoms with van der Waals surface area (Å²) in [6.45, 7) is 3.81. The lowest BCUT2D eigenvalue weighted by Crippen LogP contribution is -2.40. The van der Waals surface area contributed by atoms with Crippen molar-refractivity contribution < 1.29 is 24.5 Å². The molecule has 6 nitrogen and oxygen atoms in total. The number of carbonyl (C=O) groups is 2. The van der Waals surface area contributed by atoms with E-state index < -0.39 is 12.0 Å². The van der Waals surface area contributed by atoms with Gasteiger partial charge in [0.15, 0.2) is 5.78 Å². The van der Waals surface area contributed by atoms with Crippen LogP contribution in [0, 0.1) is 0 Å². The number of aliphatic hydroxyl groups is 1. The Kier molecular flexibility index (Phi) is 6.84. The van der Waals surface area contributed by atoms with Gasteiger partial charge in [-0.25, -0.2) is 0 Å². The Labute approximate surface area is 123 Å². The number of aliphatic carboxylic acids is 1. The monoisotopic (exact) mass is 295 g/mol. The molecule has 116 valence electrons. The highest BCUT2D eigenvalue weighted by atomic mass is 16.5. The molecular weight excluding hydrogens is 274 g/mol. The van der Waals surface area contributed by atoms with Crippen molar-refractivity contribution in [2.75, 3.05) is 13.2 Å². The minimum atomic E-state index is -1.07. The van der Waals surface area contributed by atoms with Gasteiger partial charge in [-0.1, -0.05) is 0 Å². The standard InChI is InChI=1S/C15H21NO5/c1-10(2)21-12-5-3-11(4-6-12)15(20)13(9-14(18)19)16-7-8-17/h3-6,10,13,16-17H,7-9H2,1-2H3,(H,18,19). The Balaban J connectivity index is 2.79. The summed E-state index contributed by atoms with van der Waals surface area (Å²) in [6, 6.07) is 5.71. The predicted molar refractivity (Wildman–Crippen MR) is 77.7 cm³/mol. The quantitative estimate of drug-likeness (QED) is 0.590. The van der Waals surface area contributed by atoms with E-state index >= 15 is 0 Å². The highest BCUT2D eigenvalue weighted by molar-refractivity contribution is 6.01. The van der Waals surface area contributed by atoms with Crippen LogP contribution in [0.3, 0.4) is 0 Å². The zero-order valence-electron chi connectivity index (χ0n) is 12.2. The fourth-order valence-corrected chi connectivity index (χ4v) is 1.84. The summed E-state index contributed by atoms with van der Waals surface area (Å²) in [6.07, 6.45) is -0.291. The first kappa shape index (κ1) is 17.1. The van der Waals surface area contributed by atoms with Crippen molar-refractivity contribution in [3.8, 4) is 5.75 Å². The molecule has 0 aliphatic rings. The highest BCUT2D eigenvalue weighted by Crippen LogP contribution is 2.15. The van der Waals surface area contributed by atoms with Gasteiger partial charge >= 0.3 is 5.97 Å².